The Morgan fingerprint density at radius 3 is 2.26 bits per heavy atom. The number of aromatic amines is 1. The van der Waals surface area contributed by atoms with Crippen molar-refractivity contribution >= 4 is 28.7 Å². The number of anilines is 1. The van der Waals surface area contributed by atoms with Gasteiger partial charge in [0.2, 0.25) is 23.1 Å². The number of benzene rings is 2. The summed E-state index contributed by atoms with van der Waals surface area (Å²) in [4.78, 5) is 13.3. The van der Waals surface area contributed by atoms with Crippen LogP contribution in [0.4, 0.5) is 5.82 Å². The molecule has 35 heavy (non-hydrogen) atoms. The summed E-state index contributed by atoms with van der Waals surface area (Å²) in [5.41, 5.74) is 8.54. The van der Waals surface area contributed by atoms with Gasteiger partial charge in [0.25, 0.3) is 5.65 Å². The number of nitrogens with one attached hydrogen (secondary N) is 1. The summed E-state index contributed by atoms with van der Waals surface area (Å²) in [5, 5.41) is 0.660. The van der Waals surface area contributed by atoms with Crippen LogP contribution in [0.5, 0.6) is 28.7 Å². The number of aryl methyl sites for hydroxylation is 2. The maximum atomic E-state index is 6.15. The van der Waals surface area contributed by atoms with E-state index in [1.165, 1.54) is 11.8 Å². The van der Waals surface area contributed by atoms with Gasteiger partial charge in [0, 0.05) is 6.42 Å². The van der Waals surface area contributed by atoms with E-state index in [1.807, 2.05) is 34.9 Å². The van der Waals surface area contributed by atoms with Crippen LogP contribution >= 0.6 is 11.8 Å². The Balaban J connectivity index is 1.63. The lowest BCUT2D eigenvalue weighted by Gasteiger charge is -2.14. The SMILES string of the molecule is COc1ccc(OC)c(Sc2nc3c([nH]2)c(N)nc[n+]3CCc2cc(OC)c(OC)c(OC)c2)c1. The van der Waals surface area contributed by atoms with Crippen molar-refractivity contribution in [2.45, 2.75) is 23.0 Å². The Bertz CT molecular complexity index is 1320. The molecule has 10 nitrogen and oxygen atoms in total. The molecule has 2 aromatic carbocycles. The van der Waals surface area contributed by atoms with E-state index in [9.17, 15) is 0 Å². The zero-order valence-corrected chi connectivity index (χ0v) is 21.1. The van der Waals surface area contributed by atoms with Crippen molar-refractivity contribution in [1.29, 1.82) is 0 Å². The van der Waals surface area contributed by atoms with Gasteiger partial charge in [0.15, 0.2) is 17.0 Å². The van der Waals surface area contributed by atoms with E-state index in [-0.39, 0.29) is 0 Å². The molecule has 0 aliphatic heterocycles. The fraction of sp³-hybridized carbons (Fsp3) is 0.292. The quantitative estimate of drug-likeness (QED) is 0.318. The molecule has 0 amide bonds. The molecule has 4 rings (SSSR count). The van der Waals surface area contributed by atoms with Crippen molar-refractivity contribution in [3.63, 3.8) is 0 Å². The molecule has 3 N–H and O–H groups in total. The molecule has 0 bridgehead atoms. The Morgan fingerprint density at radius 2 is 1.63 bits per heavy atom. The van der Waals surface area contributed by atoms with E-state index in [2.05, 4.69) is 9.97 Å². The minimum absolute atomic E-state index is 0.376. The third-order valence-corrected chi connectivity index (χ3v) is 6.40. The topological polar surface area (TPSA) is 118 Å². The first-order valence-corrected chi connectivity index (χ1v) is 11.5. The van der Waals surface area contributed by atoms with E-state index in [4.69, 9.17) is 34.4 Å². The summed E-state index contributed by atoms with van der Waals surface area (Å²) < 4.78 is 29.2. The predicted octanol–water partition coefficient (Wildman–Crippen LogP) is 3.26. The molecule has 0 aliphatic carbocycles. The van der Waals surface area contributed by atoms with Gasteiger partial charge in [-0.2, -0.15) is 0 Å². The highest BCUT2D eigenvalue weighted by Gasteiger charge is 2.21. The van der Waals surface area contributed by atoms with Crippen molar-refractivity contribution in [2.75, 3.05) is 41.3 Å². The number of hydrogen-bond acceptors (Lipinski definition) is 9. The van der Waals surface area contributed by atoms with Gasteiger partial charge in [-0.25, -0.2) is 4.57 Å². The second kappa shape index (κ2) is 10.6. The molecule has 0 unspecified atom stereocenters. The van der Waals surface area contributed by atoms with Gasteiger partial charge in [-0.15, -0.1) is 0 Å². The first-order chi connectivity index (χ1) is 17.0. The van der Waals surface area contributed by atoms with Gasteiger partial charge in [-0.05, 0) is 47.7 Å². The van der Waals surface area contributed by atoms with Gasteiger partial charge < -0.3 is 34.4 Å². The van der Waals surface area contributed by atoms with Crippen LogP contribution in [-0.2, 0) is 13.0 Å². The molecule has 2 heterocycles. The van der Waals surface area contributed by atoms with Crippen molar-refractivity contribution < 1.29 is 28.3 Å². The molecule has 0 saturated carbocycles. The van der Waals surface area contributed by atoms with Crippen LogP contribution in [0.15, 0.2) is 46.7 Å². The molecule has 11 heteroatoms. The highest BCUT2D eigenvalue weighted by Crippen LogP contribution is 2.39. The Labute approximate surface area is 207 Å². The number of rotatable bonds is 10. The lowest BCUT2D eigenvalue weighted by atomic mass is 10.1. The van der Waals surface area contributed by atoms with Crippen molar-refractivity contribution in [2.24, 2.45) is 0 Å². The molecule has 0 atom stereocenters. The molecule has 2 aromatic heterocycles. The lowest BCUT2D eigenvalue weighted by molar-refractivity contribution is -0.675. The van der Waals surface area contributed by atoms with Crippen LogP contribution in [0.3, 0.4) is 0 Å². The van der Waals surface area contributed by atoms with E-state index in [0.717, 1.165) is 22.0 Å². The van der Waals surface area contributed by atoms with Crippen molar-refractivity contribution in [1.82, 2.24) is 15.0 Å². The second-order valence-corrected chi connectivity index (χ2v) is 8.50. The van der Waals surface area contributed by atoms with Crippen LogP contribution in [0.25, 0.3) is 11.2 Å². The smallest absolute Gasteiger partial charge is 0.294 e. The van der Waals surface area contributed by atoms with Crippen LogP contribution < -0.4 is 34.0 Å². The summed E-state index contributed by atoms with van der Waals surface area (Å²) in [6.07, 6.45) is 2.37. The maximum absolute atomic E-state index is 6.15. The number of methoxy groups -OCH3 is 5. The number of fused-ring (bicyclic) bond motifs is 1. The van der Waals surface area contributed by atoms with Gasteiger partial charge in [0.05, 0.1) is 47.0 Å². The Kier molecular flexibility index (Phi) is 7.35. The maximum Gasteiger partial charge on any atom is 0.294 e. The molecule has 184 valence electrons. The summed E-state index contributed by atoms with van der Waals surface area (Å²) in [6, 6.07) is 9.48. The van der Waals surface area contributed by atoms with E-state index < -0.39 is 0 Å². The number of hydrogen-bond donors (Lipinski definition) is 2. The van der Waals surface area contributed by atoms with Gasteiger partial charge in [-0.1, -0.05) is 9.97 Å². The number of nitrogen functional groups attached to an aromatic ring is 1. The normalized spacial score (nSPS) is 10.9. The van der Waals surface area contributed by atoms with E-state index in [1.54, 1.807) is 41.9 Å². The molecular weight excluding hydrogens is 470 g/mol. The molecule has 0 saturated heterocycles. The summed E-state index contributed by atoms with van der Waals surface area (Å²) in [5.74, 6) is 3.60. The van der Waals surface area contributed by atoms with Crippen molar-refractivity contribution in [3.05, 3.63) is 42.2 Å². The molecule has 0 aliphatic rings. The number of nitrogens with zero attached hydrogens (tertiary/aromatic N) is 3. The fourth-order valence-electron chi connectivity index (χ4n) is 3.69. The Morgan fingerprint density at radius 1 is 0.914 bits per heavy atom. The second-order valence-electron chi connectivity index (χ2n) is 7.47. The number of aromatic nitrogens is 4. The average Bonchev–Trinajstić information content (AvgIpc) is 3.32. The minimum Gasteiger partial charge on any atom is -0.497 e. The molecule has 4 aromatic rings. The van der Waals surface area contributed by atoms with E-state index >= 15 is 0 Å². The highest BCUT2D eigenvalue weighted by molar-refractivity contribution is 7.99. The van der Waals surface area contributed by atoms with Gasteiger partial charge in [-0.3, -0.25) is 0 Å². The minimum atomic E-state index is 0.376. The zero-order chi connectivity index (χ0) is 24.9. The van der Waals surface area contributed by atoms with Crippen LogP contribution in [0.1, 0.15) is 5.56 Å². The monoisotopic (exact) mass is 498 g/mol. The van der Waals surface area contributed by atoms with Crippen LogP contribution in [-0.4, -0.2) is 50.5 Å². The summed E-state index contributed by atoms with van der Waals surface area (Å²) in [7, 11) is 8.04. The average molecular weight is 499 g/mol. The zero-order valence-electron chi connectivity index (χ0n) is 20.2. The number of ether oxygens (including phenoxy) is 5. The van der Waals surface area contributed by atoms with Crippen molar-refractivity contribution in [3.8, 4) is 28.7 Å². The first-order valence-electron chi connectivity index (χ1n) is 10.7. The van der Waals surface area contributed by atoms with E-state index in [0.29, 0.717) is 52.4 Å². The van der Waals surface area contributed by atoms with Crippen LogP contribution in [0.2, 0.25) is 0 Å². The fourth-order valence-corrected chi connectivity index (χ4v) is 4.61. The predicted molar refractivity (Wildman–Crippen MR) is 132 cm³/mol. The molecule has 0 spiro atoms. The third-order valence-electron chi connectivity index (χ3n) is 5.47. The Hall–Kier alpha value is -3.86. The largest absolute Gasteiger partial charge is 0.497 e. The first kappa shape index (κ1) is 24.3. The van der Waals surface area contributed by atoms with Crippen LogP contribution in [0, 0.1) is 0 Å². The molecular formula is C24H28N5O5S+. The third kappa shape index (κ3) is 4.99. The van der Waals surface area contributed by atoms with Gasteiger partial charge >= 0.3 is 0 Å². The standard InChI is InChI=1S/C24H27N5O5S/c1-30-15-6-7-16(31-2)19(12-15)35-24-27-20-22(25)26-13-29(23(20)28-24)9-8-14-10-17(32-3)21(34-5)18(11-14)33-4/h6-7,10-13H,8-9H2,1-5H3,(H2,25,27,28)/p+1. The molecule has 0 fully saturated rings. The number of imidazole rings is 1. The molecule has 0 radical (unpaired) electrons. The lowest BCUT2D eigenvalue weighted by Crippen LogP contribution is -2.36. The van der Waals surface area contributed by atoms with Gasteiger partial charge in [0.1, 0.15) is 11.5 Å². The highest BCUT2D eigenvalue weighted by atomic mass is 32.2. The summed E-state index contributed by atoms with van der Waals surface area (Å²) in [6.45, 7) is 0.611. The number of nitrogens with two attached hydrogens (primary N) is 1. The summed E-state index contributed by atoms with van der Waals surface area (Å²) >= 11 is 1.42. The number of H-pyrrole nitrogens is 1.